The zero-order chi connectivity index (χ0) is 28.1. The first-order valence-corrected chi connectivity index (χ1v) is 14.9. The van der Waals surface area contributed by atoms with Gasteiger partial charge in [0, 0.05) is 36.0 Å². The summed E-state index contributed by atoms with van der Waals surface area (Å²) in [7, 11) is -3.74. The van der Waals surface area contributed by atoms with E-state index in [0.29, 0.717) is 67.3 Å². The molecular formula is C28H31F2N5O4S. The van der Waals surface area contributed by atoms with Gasteiger partial charge in [-0.3, -0.25) is 9.11 Å². The molecule has 0 bridgehead atoms. The summed E-state index contributed by atoms with van der Waals surface area (Å²) in [6.45, 7) is 3.64. The number of hydrogen-bond donors (Lipinski definition) is 4. The molecule has 2 aliphatic carbocycles. The van der Waals surface area contributed by atoms with Crippen LogP contribution in [0.3, 0.4) is 0 Å². The number of hydrogen-bond acceptors (Lipinski definition) is 7. The van der Waals surface area contributed by atoms with E-state index < -0.39 is 27.0 Å². The third kappa shape index (κ3) is 5.12. The number of rotatable bonds is 7. The summed E-state index contributed by atoms with van der Waals surface area (Å²) >= 11 is 0. The van der Waals surface area contributed by atoms with E-state index in [9.17, 15) is 22.7 Å². The molecule has 9 nitrogen and oxygen atoms in total. The van der Waals surface area contributed by atoms with Crippen molar-refractivity contribution in [3.8, 4) is 11.4 Å². The number of nitrogens with zero attached hydrogens (tertiary/aromatic N) is 3. The van der Waals surface area contributed by atoms with Crippen LogP contribution in [-0.4, -0.2) is 56.9 Å². The molecule has 6 rings (SSSR count). The minimum absolute atomic E-state index is 0.0194. The number of carbonyl (C=O) groups excluding carboxylic acids is 1. The van der Waals surface area contributed by atoms with E-state index in [-0.39, 0.29) is 23.0 Å². The highest BCUT2D eigenvalue weighted by atomic mass is 32.3. The van der Waals surface area contributed by atoms with E-state index in [1.54, 1.807) is 30.3 Å². The maximum atomic E-state index is 14.8. The maximum absolute atomic E-state index is 14.8. The Balaban J connectivity index is 1.37. The second-order valence-electron chi connectivity index (χ2n) is 10.6. The van der Waals surface area contributed by atoms with E-state index >= 15 is 0 Å². The lowest BCUT2D eigenvalue weighted by Crippen LogP contribution is -2.44. The van der Waals surface area contributed by atoms with E-state index in [0.717, 1.165) is 25.0 Å². The molecule has 1 aromatic heterocycles. The molecule has 3 aromatic rings. The third-order valence-corrected chi connectivity index (χ3v) is 10.3. The van der Waals surface area contributed by atoms with Crippen LogP contribution >= 0.6 is 10.6 Å². The Bertz CT molecular complexity index is 1430. The summed E-state index contributed by atoms with van der Waals surface area (Å²) in [5, 5.41) is 5.69. The number of carbonyl (C=O) groups is 1. The molecule has 12 heteroatoms. The fourth-order valence-electron chi connectivity index (χ4n) is 5.01. The minimum Gasteiger partial charge on any atom is -0.377 e. The quantitative estimate of drug-likeness (QED) is 0.286. The van der Waals surface area contributed by atoms with Crippen molar-refractivity contribution in [2.45, 2.75) is 54.3 Å². The zero-order valence-electron chi connectivity index (χ0n) is 21.9. The topological polar surface area (TPSA) is 120 Å². The van der Waals surface area contributed by atoms with E-state index in [1.807, 2.05) is 6.92 Å². The standard InChI is InChI=1S/C28H31F2N5O4S/c1-17-16-39-13-12-35(17)25-15-24(28(10-11-28)40(37,38)23-9-4-19(29)14-22(23)30)33-26(34-25)18-2-5-20(6-3-18)31-27(36)32-21-7-8-21/h2-6,9,14-15,17,21,37-38H,7-8,10-13,16H2,1H3,(H2,31,32,36)/t17-/m0/s1. The molecule has 2 saturated carbocycles. The Morgan fingerprint density at radius 1 is 1.10 bits per heavy atom. The molecule has 0 radical (unpaired) electrons. The van der Waals surface area contributed by atoms with Crippen LogP contribution in [0.4, 0.5) is 25.1 Å². The van der Waals surface area contributed by atoms with Crippen LogP contribution in [0, 0.1) is 11.6 Å². The number of morpholine rings is 1. The van der Waals surface area contributed by atoms with Gasteiger partial charge >= 0.3 is 6.03 Å². The highest BCUT2D eigenvalue weighted by molar-refractivity contribution is 8.25. The first-order valence-electron chi connectivity index (χ1n) is 13.3. The molecule has 40 heavy (non-hydrogen) atoms. The molecule has 212 valence electrons. The minimum atomic E-state index is -3.74. The summed E-state index contributed by atoms with van der Waals surface area (Å²) in [6, 6.07) is 11.6. The van der Waals surface area contributed by atoms with Crippen molar-refractivity contribution in [2.24, 2.45) is 0 Å². The van der Waals surface area contributed by atoms with Crippen molar-refractivity contribution in [1.29, 1.82) is 0 Å². The first kappa shape index (κ1) is 26.9. The summed E-state index contributed by atoms with van der Waals surface area (Å²) in [5.41, 5.74) is 1.66. The van der Waals surface area contributed by atoms with Gasteiger partial charge in [-0.15, -0.1) is 0 Å². The lowest BCUT2D eigenvalue weighted by Gasteiger charge is -2.41. The van der Waals surface area contributed by atoms with Gasteiger partial charge in [-0.2, -0.15) is 10.6 Å². The van der Waals surface area contributed by atoms with Crippen molar-refractivity contribution in [3.63, 3.8) is 0 Å². The van der Waals surface area contributed by atoms with Crippen LogP contribution in [0.5, 0.6) is 0 Å². The number of aromatic nitrogens is 2. The van der Waals surface area contributed by atoms with Gasteiger partial charge < -0.3 is 20.3 Å². The van der Waals surface area contributed by atoms with Gasteiger partial charge in [-0.1, -0.05) is 0 Å². The summed E-state index contributed by atoms with van der Waals surface area (Å²) in [4.78, 5) is 23.5. The van der Waals surface area contributed by atoms with Crippen molar-refractivity contribution in [2.75, 3.05) is 30.0 Å². The predicted octanol–water partition coefficient (Wildman–Crippen LogP) is 5.73. The number of urea groups is 1. The average Bonchev–Trinajstić information content (AvgIpc) is 3.85. The average molecular weight is 572 g/mol. The number of amides is 2. The molecule has 3 aliphatic rings. The molecule has 2 heterocycles. The predicted molar refractivity (Wildman–Crippen MR) is 149 cm³/mol. The van der Waals surface area contributed by atoms with Crippen molar-refractivity contribution < 1.29 is 27.4 Å². The van der Waals surface area contributed by atoms with Crippen LogP contribution in [0.1, 0.15) is 38.3 Å². The van der Waals surface area contributed by atoms with Crippen molar-refractivity contribution in [3.05, 3.63) is 65.9 Å². The maximum Gasteiger partial charge on any atom is 0.319 e. The first-order chi connectivity index (χ1) is 19.2. The molecule has 1 saturated heterocycles. The molecule has 2 aromatic carbocycles. The van der Waals surface area contributed by atoms with Crippen LogP contribution < -0.4 is 15.5 Å². The normalized spacial score (nSPS) is 20.6. The molecule has 1 aliphatic heterocycles. The second-order valence-corrected chi connectivity index (χ2v) is 12.9. The van der Waals surface area contributed by atoms with E-state index in [4.69, 9.17) is 14.7 Å². The summed E-state index contributed by atoms with van der Waals surface area (Å²) < 4.78 is 55.6. The Morgan fingerprint density at radius 3 is 2.50 bits per heavy atom. The number of nitrogens with one attached hydrogen (secondary N) is 2. The number of halogens is 2. The van der Waals surface area contributed by atoms with Gasteiger partial charge in [-0.05, 0) is 69.0 Å². The van der Waals surface area contributed by atoms with E-state index in [1.165, 1.54) is 0 Å². The van der Waals surface area contributed by atoms with Crippen LogP contribution in [0.25, 0.3) is 11.4 Å². The Hall–Kier alpha value is -3.32. The second kappa shape index (κ2) is 10.3. The van der Waals surface area contributed by atoms with Gasteiger partial charge in [0.05, 0.1) is 29.8 Å². The largest absolute Gasteiger partial charge is 0.377 e. The van der Waals surface area contributed by atoms with Crippen molar-refractivity contribution in [1.82, 2.24) is 15.3 Å². The lowest BCUT2D eigenvalue weighted by atomic mass is 10.1. The molecule has 3 fully saturated rings. The third-order valence-electron chi connectivity index (χ3n) is 7.60. The van der Waals surface area contributed by atoms with Gasteiger partial charge in [0.1, 0.15) is 22.2 Å². The number of benzene rings is 2. The van der Waals surface area contributed by atoms with E-state index in [2.05, 4.69) is 15.5 Å². The van der Waals surface area contributed by atoms with Crippen LogP contribution in [0.15, 0.2) is 53.4 Å². The Morgan fingerprint density at radius 2 is 1.85 bits per heavy atom. The molecule has 1 atom stereocenters. The lowest BCUT2D eigenvalue weighted by molar-refractivity contribution is 0.0985. The molecule has 0 spiro atoms. The monoisotopic (exact) mass is 571 g/mol. The zero-order valence-corrected chi connectivity index (χ0v) is 22.8. The number of ether oxygens (including phenoxy) is 1. The molecular weight excluding hydrogens is 540 g/mol. The highest BCUT2D eigenvalue weighted by Crippen LogP contribution is 2.75. The smallest absolute Gasteiger partial charge is 0.319 e. The Kier molecular flexibility index (Phi) is 6.89. The summed E-state index contributed by atoms with van der Waals surface area (Å²) in [5.74, 6) is -0.836. The Labute approximate surface area is 232 Å². The molecule has 0 unspecified atom stereocenters. The summed E-state index contributed by atoms with van der Waals surface area (Å²) in [6.07, 6.45) is 2.73. The fourth-order valence-corrected chi connectivity index (χ4v) is 7.09. The highest BCUT2D eigenvalue weighted by Gasteiger charge is 2.58. The molecule has 2 amide bonds. The fraction of sp³-hybridized carbons (Fsp3) is 0.393. The van der Waals surface area contributed by atoms with Gasteiger partial charge in [0.25, 0.3) is 0 Å². The van der Waals surface area contributed by atoms with Gasteiger partial charge in [0.2, 0.25) is 0 Å². The molecule has 4 N–H and O–H groups in total. The van der Waals surface area contributed by atoms with Gasteiger partial charge in [0.15, 0.2) is 5.82 Å². The van der Waals surface area contributed by atoms with Gasteiger partial charge in [-0.25, -0.2) is 23.5 Å². The van der Waals surface area contributed by atoms with Crippen LogP contribution in [-0.2, 0) is 9.48 Å². The number of anilines is 2. The van der Waals surface area contributed by atoms with Crippen molar-refractivity contribution >= 4 is 28.1 Å². The van der Waals surface area contributed by atoms with Crippen LogP contribution in [0.2, 0.25) is 0 Å². The SMILES string of the molecule is C[C@H]1COCCN1c1cc(C2(S(O)(O)c3ccc(F)cc3F)CC2)nc(-c2ccc(NC(=O)NC3CC3)cc2)n1.